The smallest absolute Gasteiger partial charge is 0.222 e. The predicted molar refractivity (Wildman–Crippen MR) is 42.5 cm³/mol. The highest BCUT2D eigenvalue weighted by Crippen LogP contribution is 2.01. The summed E-state index contributed by atoms with van der Waals surface area (Å²) in [4.78, 5) is 12.7. The summed E-state index contributed by atoms with van der Waals surface area (Å²) in [5.41, 5.74) is 0. The maximum absolute atomic E-state index is 11.0. The Bertz CT molecular complexity index is 112. The van der Waals surface area contributed by atoms with Crippen LogP contribution in [0.4, 0.5) is 0 Å². The summed E-state index contributed by atoms with van der Waals surface area (Å²) in [5, 5.41) is 0. The Morgan fingerprint density at radius 2 is 2.20 bits per heavy atom. The largest absolute Gasteiger partial charge is 0.343 e. The zero-order valence-electron chi connectivity index (χ0n) is 7.05. The van der Waals surface area contributed by atoms with Gasteiger partial charge < -0.3 is 4.90 Å². The van der Waals surface area contributed by atoms with E-state index in [9.17, 15) is 4.79 Å². The summed E-state index contributed by atoms with van der Waals surface area (Å²) in [6, 6.07) is 0.342. The molecule has 1 radical (unpaired) electrons. The van der Waals surface area contributed by atoms with Gasteiger partial charge >= 0.3 is 0 Å². The van der Waals surface area contributed by atoms with Gasteiger partial charge in [0.05, 0.1) is 0 Å². The second-order valence-electron chi connectivity index (χ2n) is 2.51. The minimum Gasteiger partial charge on any atom is -0.343 e. The predicted octanol–water partition coefficient (Wildman–Crippen LogP) is 1.47. The molecule has 1 unspecified atom stereocenters. The topological polar surface area (TPSA) is 20.3 Å². The number of amides is 1. The summed E-state index contributed by atoms with van der Waals surface area (Å²) in [6.07, 6.45) is 1.36. The highest BCUT2D eigenvalue weighted by molar-refractivity contribution is 5.76. The lowest BCUT2D eigenvalue weighted by molar-refractivity contribution is -0.130. The molecule has 0 aromatic rings. The van der Waals surface area contributed by atoms with Crippen LogP contribution in [-0.2, 0) is 4.79 Å². The van der Waals surface area contributed by atoms with Gasteiger partial charge in [0.15, 0.2) is 0 Å². The van der Waals surface area contributed by atoms with E-state index < -0.39 is 0 Å². The highest BCUT2D eigenvalue weighted by atomic mass is 16.2. The number of carbonyl (C=O) groups excluding carboxylic acids is 1. The Labute approximate surface area is 63.2 Å². The molecule has 0 fully saturated rings. The third-order valence-electron chi connectivity index (χ3n) is 1.86. The van der Waals surface area contributed by atoms with E-state index in [0.717, 1.165) is 6.42 Å². The van der Waals surface area contributed by atoms with Crippen LogP contribution in [0, 0.1) is 6.92 Å². The van der Waals surface area contributed by atoms with Crippen molar-refractivity contribution >= 4 is 5.91 Å². The van der Waals surface area contributed by atoms with Crippen LogP contribution in [0.15, 0.2) is 0 Å². The second kappa shape index (κ2) is 4.31. The van der Waals surface area contributed by atoms with Crippen molar-refractivity contribution in [2.45, 2.75) is 32.7 Å². The standard InChI is InChI=1S/C8H16NO/c1-5-7(3)9(4)8(10)6-2/h7H,2,5-6H2,1,3-4H3. The molecule has 2 heteroatoms. The summed E-state index contributed by atoms with van der Waals surface area (Å²) in [7, 11) is 1.82. The van der Waals surface area contributed by atoms with Crippen LogP contribution in [0.3, 0.4) is 0 Å². The van der Waals surface area contributed by atoms with Crippen molar-refractivity contribution in [3.8, 4) is 0 Å². The van der Waals surface area contributed by atoms with Gasteiger partial charge in [0.25, 0.3) is 0 Å². The summed E-state index contributed by atoms with van der Waals surface area (Å²) in [6.45, 7) is 7.63. The fourth-order valence-corrected chi connectivity index (χ4v) is 0.696. The summed E-state index contributed by atoms with van der Waals surface area (Å²) >= 11 is 0. The molecule has 0 saturated heterocycles. The average molecular weight is 142 g/mol. The van der Waals surface area contributed by atoms with E-state index in [1.54, 1.807) is 4.90 Å². The molecule has 0 aromatic carbocycles. The molecule has 0 aliphatic heterocycles. The van der Waals surface area contributed by atoms with Crippen LogP contribution in [0.5, 0.6) is 0 Å². The number of carbonyl (C=O) groups is 1. The van der Waals surface area contributed by atoms with Crippen LogP contribution < -0.4 is 0 Å². The summed E-state index contributed by atoms with van der Waals surface area (Å²) < 4.78 is 0. The molecule has 0 bridgehead atoms. The Balaban J connectivity index is 3.81. The van der Waals surface area contributed by atoms with Crippen molar-refractivity contribution in [2.24, 2.45) is 0 Å². The Kier molecular flexibility index (Phi) is 4.08. The minimum atomic E-state index is 0.120. The highest BCUT2D eigenvalue weighted by Gasteiger charge is 2.10. The maximum atomic E-state index is 11.0. The van der Waals surface area contributed by atoms with Crippen LogP contribution in [-0.4, -0.2) is 23.9 Å². The first kappa shape index (κ1) is 9.47. The number of hydrogen-bond acceptors (Lipinski definition) is 1. The summed E-state index contributed by atoms with van der Waals surface area (Å²) in [5.74, 6) is 0.120. The molecule has 0 heterocycles. The van der Waals surface area contributed by atoms with E-state index in [1.807, 2.05) is 14.0 Å². The molecule has 2 nitrogen and oxygen atoms in total. The Hall–Kier alpha value is -0.530. The molecule has 0 aliphatic carbocycles. The van der Waals surface area contributed by atoms with E-state index in [0.29, 0.717) is 12.5 Å². The molecule has 0 N–H and O–H groups in total. The van der Waals surface area contributed by atoms with Gasteiger partial charge in [0.1, 0.15) is 0 Å². The molecule has 1 amide bonds. The SMILES string of the molecule is [CH2]CC(=O)N(C)C(C)CC. The minimum absolute atomic E-state index is 0.120. The van der Waals surface area contributed by atoms with E-state index in [2.05, 4.69) is 13.8 Å². The lowest BCUT2D eigenvalue weighted by atomic mass is 10.2. The molecule has 0 spiro atoms. The van der Waals surface area contributed by atoms with Crippen molar-refractivity contribution in [1.82, 2.24) is 4.90 Å². The van der Waals surface area contributed by atoms with Gasteiger partial charge in [0, 0.05) is 19.5 Å². The normalized spacial score (nSPS) is 12.8. The molecule has 1 atom stereocenters. The Morgan fingerprint density at radius 1 is 1.70 bits per heavy atom. The fraction of sp³-hybridized carbons (Fsp3) is 0.750. The molecular formula is C8H16NO. The third-order valence-corrected chi connectivity index (χ3v) is 1.86. The third kappa shape index (κ3) is 2.38. The van der Waals surface area contributed by atoms with E-state index in [1.165, 1.54) is 0 Å². The fourth-order valence-electron chi connectivity index (χ4n) is 0.696. The van der Waals surface area contributed by atoms with Gasteiger partial charge in [-0.05, 0) is 20.3 Å². The van der Waals surface area contributed by atoms with Gasteiger partial charge in [-0.25, -0.2) is 0 Å². The molecule has 0 rings (SSSR count). The van der Waals surface area contributed by atoms with Gasteiger partial charge in [-0.3, -0.25) is 4.79 Å². The first-order valence-electron chi connectivity index (χ1n) is 3.68. The zero-order chi connectivity index (χ0) is 8.15. The molecule has 10 heavy (non-hydrogen) atoms. The number of rotatable bonds is 3. The quantitative estimate of drug-likeness (QED) is 0.584. The Morgan fingerprint density at radius 3 is 2.50 bits per heavy atom. The molecule has 59 valence electrons. The lowest BCUT2D eigenvalue weighted by Crippen LogP contribution is -2.33. The first-order valence-corrected chi connectivity index (χ1v) is 3.68. The van der Waals surface area contributed by atoms with E-state index in [4.69, 9.17) is 0 Å². The van der Waals surface area contributed by atoms with Crippen molar-refractivity contribution in [1.29, 1.82) is 0 Å². The second-order valence-corrected chi connectivity index (χ2v) is 2.51. The van der Waals surface area contributed by atoms with Crippen LogP contribution in [0.2, 0.25) is 0 Å². The zero-order valence-corrected chi connectivity index (χ0v) is 7.05. The number of hydrogen-bond donors (Lipinski definition) is 0. The monoisotopic (exact) mass is 142 g/mol. The first-order chi connectivity index (χ1) is 4.63. The van der Waals surface area contributed by atoms with Crippen molar-refractivity contribution in [3.63, 3.8) is 0 Å². The van der Waals surface area contributed by atoms with Crippen molar-refractivity contribution in [2.75, 3.05) is 7.05 Å². The maximum Gasteiger partial charge on any atom is 0.222 e. The van der Waals surface area contributed by atoms with Gasteiger partial charge in [-0.15, -0.1) is 0 Å². The molecule has 0 aromatic heterocycles. The molecular weight excluding hydrogens is 126 g/mol. The average Bonchev–Trinajstić information content (AvgIpc) is 2.00. The van der Waals surface area contributed by atoms with E-state index in [-0.39, 0.29) is 5.91 Å². The van der Waals surface area contributed by atoms with Gasteiger partial charge in [0.2, 0.25) is 5.91 Å². The van der Waals surface area contributed by atoms with E-state index >= 15 is 0 Å². The van der Waals surface area contributed by atoms with Crippen LogP contribution >= 0.6 is 0 Å². The van der Waals surface area contributed by atoms with Crippen molar-refractivity contribution < 1.29 is 4.79 Å². The van der Waals surface area contributed by atoms with Crippen molar-refractivity contribution in [3.05, 3.63) is 6.92 Å². The molecule has 0 saturated carbocycles. The number of nitrogens with zero attached hydrogens (tertiary/aromatic N) is 1. The van der Waals surface area contributed by atoms with Gasteiger partial charge in [-0.2, -0.15) is 0 Å². The lowest BCUT2D eigenvalue weighted by Gasteiger charge is -2.22. The molecule has 0 aliphatic rings. The van der Waals surface area contributed by atoms with Crippen LogP contribution in [0.1, 0.15) is 26.7 Å². The van der Waals surface area contributed by atoms with Crippen LogP contribution in [0.25, 0.3) is 0 Å². The van der Waals surface area contributed by atoms with Gasteiger partial charge in [-0.1, -0.05) is 6.92 Å².